The van der Waals surface area contributed by atoms with Crippen molar-refractivity contribution < 1.29 is 13.2 Å². The predicted molar refractivity (Wildman–Crippen MR) is 72.5 cm³/mol. The van der Waals surface area contributed by atoms with Crippen LogP contribution in [-0.4, -0.2) is 25.2 Å². The molecule has 1 aliphatic rings. The molecule has 1 saturated heterocycles. The van der Waals surface area contributed by atoms with Crippen molar-refractivity contribution in [1.82, 2.24) is 9.03 Å². The van der Waals surface area contributed by atoms with E-state index in [1.54, 1.807) is 0 Å². The van der Waals surface area contributed by atoms with Crippen LogP contribution in [0.25, 0.3) is 0 Å². The molecule has 0 unspecified atom stereocenters. The lowest BCUT2D eigenvalue weighted by atomic mass is 9.98. The fourth-order valence-corrected chi connectivity index (χ4v) is 3.85. The van der Waals surface area contributed by atoms with Crippen LogP contribution in [0.4, 0.5) is 0 Å². The number of carbonyl (C=O) groups is 1. The Labute approximate surface area is 113 Å². The maximum atomic E-state index is 12.2. The molecule has 6 heteroatoms. The highest BCUT2D eigenvalue weighted by Crippen LogP contribution is 2.32. The Morgan fingerprint density at radius 2 is 1.95 bits per heavy atom. The van der Waals surface area contributed by atoms with Gasteiger partial charge in [0, 0.05) is 13.5 Å². The van der Waals surface area contributed by atoms with Crippen molar-refractivity contribution in [2.24, 2.45) is 0 Å². The van der Waals surface area contributed by atoms with Gasteiger partial charge in [0.25, 0.3) is 0 Å². The largest absolute Gasteiger partial charge is 0.304 e. The summed E-state index contributed by atoms with van der Waals surface area (Å²) in [4.78, 5) is 11.0. The van der Waals surface area contributed by atoms with Crippen LogP contribution in [-0.2, 0) is 15.0 Å². The van der Waals surface area contributed by atoms with Crippen LogP contribution in [0, 0.1) is 0 Å². The number of carbonyl (C=O) groups excluding carboxylic acids is 1. The Morgan fingerprint density at radius 1 is 1.26 bits per heavy atom. The average Bonchev–Trinajstić information content (AvgIpc) is 2.38. The van der Waals surface area contributed by atoms with Crippen molar-refractivity contribution in [3.8, 4) is 0 Å². The summed E-state index contributed by atoms with van der Waals surface area (Å²) in [6.45, 7) is 1.65. The number of rotatable bonds is 3. The van der Waals surface area contributed by atoms with E-state index < -0.39 is 16.1 Å². The van der Waals surface area contributed by atoms with E-state index in [9.17, 15) is 13.2 Å². The summed E-state index contributed by atoms with van der Waals surface area (Å²) in [5.41, 5.74) is 0.969. The first-order valence-corrected chi connectivity index (χ1v) is 7.80. The molecule has 2 rings (SSSR count). The van der Waals surface area contributed by atoms with Gasteiger partial charge in [-0.1, -0.05) is 36.8 Å². The molecule has 1 atom stereocenters. The summed E-state index contributed by atoms with van der Waals surface area (Å²) in [6, 6.07) is 9.35. The van der Waals surface area contributed by atoms with E-state index in [2.05, 4.69) is 0 Å². The summed E-state index contributed by atoms with van der Waals surface area (Å²) in [5, 5.41) is 0. The maximum absolute atomic E-state index is 12.2. The van der Waals surface area contributed by atoms with E-state index in [4.69, 9.17) is 0 Å². The third kappa shape index (κ3) is 3.33. The number of hydrogen-bond donors (Lipinski definition) is 1. The van der Waals surface area contributed by atoms with Crippen molar-refractivity contribution in [2.45, 2.75) is 32.2 Å². The predicted octanol–water partition coefficient (Wildman–Crippen LogP) is 1.59. The van der Waals surface area contributed by atoms with Gasteiger partial charge in [0.1, 0.15) is 0 Å². The lowest BCUT2D eigenvalue weighted by Crippen LogP contribution is -2.46. The van der Waals surface area contributed by atoms with Crippen molar-refractivity contribution in [3.63, 3.8) is 0 Å². The zero-order chi connectivity index (χ0) is 13.9. The van der Waals surface area contributed by atoms with Gasteiger partial charge in [-0.05, 0) is 18.4 Å². The molecule has 0 saturated carbocycles. The molecule has 5 nitrogen and oxygen atoms in total. The second kappa shape index (κ2) is 5.71. The van der Waals surface area contributed by atoms with Gasteiger partial charge in [0.05, 0.1) is 6.04 Å². The first kappa shape index (κ1) is 14.0. The van der Waals surface area contributed by atoms with Gasteiger partial charge in [-0.15, -0.1) is 0 Å². The zero-order valence-electron chi connectivity index (χ0n) is 10.9. The minimum absolute atomic E-state index is 0.188. The van der Waals surface area contributed by atoms with Crippen LogP contribution in [0.3, 0.4) is 0 Å². The Bertz CT molecular complexity index is 542. The van der Waals surface area contributed by atoms with Crippen LogP contribution in [0.15, 0.2) is 30.3 Å². The highest BCUT2D eigenvalue weighted by molar-refractivity contribution is 7.87. The van der Waals surface area contributed by atoms with Gasteiger partial charge >= 0.3 is 10.2 Å². The molecule has 104 valence electrons. The minimum Gasteiger partial charge on any atom is -0.274 e. The van der Waals surface area contributed by atoms with Crippen molar-refractivity contribution in [1.29, 1.82) is 0 Å². The molecule has 1 aliphatic heterocycles. The van der Waals surface area contributed by atoms with Crippen LogP contribution >= 0.6 is 0 Å². The third-order valence-corrected chi connectivity index (χ3v) is 4.82. The van der Waals surface area contributed by atoms with E-state index in [1.807, 2.05) is 35.1 Å². The topological polar surface area (TPSA) is 66.5 Å². The van der Waals surface area contributed by atoms with Crippen LogP contribution in [0.2, 0.25) is 0 Å². The van der Waals surface area contributed by atoms with Gasteiger partial charge in [0.2, 0.25) is 5.91 Å². The second-order valence-electron chi connectivity index (χ2n) is 4.70. The van der Waals surface area contributed by atoms with Gasteiger partial charge in [-0.25, -0.2) is 4.72 Å². The van der Waals surface area contributed by atoms with Gasteiger partial charge in [-0.3, -0.25) is 4.79 Å². The smallest absolute Gasteiger partial charge is 0.274 e. The fraction of sp³-hybridized carbons (Fsp3) is 0.462. The minimum atomic E-state index is -3.75. The molecule has 1 aromatic carbocycles. The fourth-order valence-electron chi connectivity index (χ4n) is 2.44. The maximum Gasteiger partial charge on any atom is 0.304 e. The molecule has 0 spiro atoms. The summed E-state index contributed by atoms with van der Waals surface area (Å²) < 4.78 is 27.8. The quantitative estimate of drug-likeness (QED) is 0.915. The Hall–Kier alpha value is -1.40. The molecule has 1 aromatic rings. The van der Waals surface area contributed by atoms with E-state index in [0.29, 0.717) is 6.54 Å². The van der Waals surface area contributed by atoms with E-state index in [0.717, 1.165) is 24.8 Å². The van der Waals surface area contributed by atoms with Gasteiger partial charge < -0.3 is 0 Å². The molecule has 1 amide bonds. The number of piperidine rings is 1. The zero-order valence-corrected chi connectivity index (χ0v) is 11.7. The Kier molecular flexibility index (Phi) is 4.21. The molecular weight excluding hydrogens is 264 g/mol. The first-order valence-electron chi connectivity index (χ1n) is 6.36. The lowest BCUT2D eigenvalue weighted by Gasteiger charge is -2.34. The number of benzene rings is 1. The standard InChI is InChI=1S/C13H18N2O3S/c1-11(16)14-19(17,18)15-10-6-5-9-13(15)12-7-3-2-4-8-12/h2-4,7-8,13H,5-6,9-10H2,1H3,(H,14,16)/t13-/m1/s1. The number of nitrogens with one attached hydrogen (secondary N) is 1. The molecule has 1 heterocycles. The highest BCUT2D eigenvalue weighted by atomic mass is 32.2. The summed E-state index contributed by atoms with van der Waals surface area (Å²) in [7, 11) is -3.75. The van der Waals surface area contributed by atoms with Crippen LogP contribution in [0.1, 0.15) is 37.8 Å². The van der Waals surface area contributed by atoms with Crippen molar-refractivity contribution in [3.05, 3.63) is 35.9 Å². The Morgan fingerprint density at radius 3 is 2.58 bits per heavy atom. The first-order chi connectivity index (χ1) is 9.00. The monoisotopic (exact) mass is 282 g/mol. The molecule has 0 bridgehead atoms. The summed E-state index contributed by atoms with van der Waals surface area (Å²) in [6.07, 6.45) is 2.59. The molecular formula is C13H18N2O3S. The molecule has 1 N–H and O–H groups in total. The van der Waals surface area contributed by atoms with E-state index in [1.165, 1.54) is 11.2 Å². The number of amides is 1. The van der Waals surface area contributed by atoms with E-state index in [-0.39, 0.29) is 6.04 Å². The Balaban J connectivity index is 2.29. The van der Waals surface area contributed by atoms with E-state index >= 15 is 0 Å². The molecule has 19 heavy (non-hydrogen) atoms. The van der Waals surface area contributed by atoms with Crippen molar-refractivity contribution >= 4 is 16.1 Å². The molecule has 0 aromatic heterocycles. The molecule has 0 aliphatic carbocycles. The highest BCUT2D eigenvalue weighted by Gasteiger charge is 2.33. The number of hydrogen-bond acceptors (Lipinski definition) is 3. The second-order valence-corrected chi connectivity index (χ2v) is 6.32. The average molecular weight is 282 g/mol. The van der Waals surface area contributed by atoms with Crippen LogP contribution in [0.5, 0.6) is 0 Å². The summed E-state index contributed by atoms with van der Waals surface area (Å²) in [5.74, 6) is -0.558. The lowest BCUT2D eigenvalue weighted by molar-refractivity contribution is -0.117. The third-order valence-electron chi connectivity index (χ3n) is 3.22. The summed E-state index contributed by atoms with van der Waals surface area (Å²) >= 11 is 0. The SMILES string of the molecule is CC(=O)NS(=O)(=O)N1CCCC[C@@H]1c1ccccc1. The molecule has 1 fully saturated rings. The molecule has 0 radical (unpaired) electrons. The van der Waals surface area contributed by atoms with Gasteiger partial charge in [0.15, 0.2) is 0 Å². The van der Waals surface area contributed by atoms with Gasteiger partial charge in [-0.2, -0.15) is 12.7 Å². The number of nitrogens with zero attached hydrogens (tertiary/aromatic N) is 1. The van der Waals surface area contributed by atoms with Crippen molar-refractivity contribution in [2.75, 3.05) is 6.54 Å². The normalized spacial score (nSPS) is 21.0. The van der Waals surface area contributed by atoms with Crippen LogP contribution < -0.4 is 4.72 Å².